The van der Waals surface area contributed by atoms with E-state index in [4.69, 9.17) is 4.42 Å². The Labute approximate surface area is 144 Å². The van der Waals surface area contributed by atoms with Crippen molar-refractivity contribution in [2.75, 3.05) is 6.54 Å². The lowest BCUT2D eigenvalue weighted by Gasteiger charge is -2.11. The van der Waals surface area contributed by atoms with Gasteiger partial charge in [0.1, 0.15) is 17.8 Å². The first-order valence-corrected chi connectivity index (χ1v) is 8.72. The van der Waals surface area contributed by atoms with Gasteiger partial charge in [0.2, 0.25) is 5.91 Å². The van der Waals surface area contributed by atoms with Crippen LogP contribution in [-0.2, 0) is 11.3 Å². The van der Waals surface area contributed by atoms with Crippen LogP contribution in [0.5, 0.6) is 0 Å². The summed E-state index contributed by atoms with van der Waals surface area (Å²) in [6.07, 6.45) is 3.96. The summed E-state index contributed by atoms with van der Waals surface area (Å²) < 4.78 is 8.96. The third-order valence-electron chi connectivity index (χ3n) is 4.69. The normalized spacial score (nSPS) is 14.7. The molecular weight excluding hydrogens is 320 g/mol. The molecular formula is C18H22N4O3. The van der Waals surface area contributed by atoms with Crippen LogP contribution in [-0.4, -0.2) is 26.8 Å². The van der Waals surface area contributed by atoms with Crippen molar-refractivity contribution < 1.29 is 9.21 Å². The van der Waals surface area contributed by atoms with Crippen LogP contribution >= 0.6 is 0 Å². The Bertz CT molecular complexity index is 1020. The Hall–Kier alpha value is -2.57. The van der Waals surface area contributed by atoms with E-state index < -0.39 is 0 Å². The molecule has 132 valence electrons. The number of nitrogens with one attached hydrogen (secondary N) is 1. The van der Waals surface area contributed by atoms with Gasteiger partial charge in [0.15, 0.2) is 5.58 Å². The molecule has 3 aromatic heterocycles. The molecule has 7 nitrogen and oxygen atoms in total. The number of rotatable bonds is 5. The molecule has 1 amide bonds. The maximum atomic E-state index is 13.0. The molecule has 1 N–H and O–H groups in total. The number of nitrogens with zero attached hydrogens (tertiary/aromatic N) is 3. The first-order valence-electron chi connectivity index (χ1n) is 8.72. The molecule has 0 bridgehead atoms. The van der Waals surface area contributed by atoms with Gasteiger partial charge in [0, 0.05) is 18.7 Å². The Kier molecular flexibility index (Phi) is 3.67. The highest BCUT2D eigenvalue weighted by Gasteiger charge is 2.23. The van der Waals surface area contributed by atoms with E-state index in [1.165, 1.54) is 17.5 Å². The fourth-order valence-corrected chi connectivity index (χ4v) is 3.29. The largest absolute Gasteiger partial charge is 0.459 e. The van der Waals surface area contributed by atoms with Crippen molar-refractivity contribution in [2.24, 2.45) is 5.92 Å². The number of hydrogen-bond donors (Lipinski definition) is 1. The topological polar surface area (TPSA) is 82.1 Å². The Morgan fingerprint density at radius 3 is 2.88 bits per heavy atom. The van der Waals surface area contributed by atoms with Crippen molar-refractivity contribution in [1.82, 2.24) is 19.7 Å². The summed E-state index contributed by atoms with van der Waals surface area (Å²) in [5, 5.41) is 7.75. The minimum absolute atomic E-state index is 0.0643. The summed E-state index contributed by atoms with van der Waals surface area (Å²) in [6, 6.07) is 2.02. The van der Waals surface area contributed by atoms with Crippen LogP contribution in [0.3, 0.4) is 0 Å². The molecule has 0 aliphatic heterocycles. The summed E-state index contributed by atoms with van der Waals surface area (Å²) in [7, 11) is 0. The molecule has 0 aromatic carbocycles. The second-order valence-electron chi connectivity index (χ2n) is 7.15. The van der Waals surface area contributed by atoms with Gasteiger partial charge in [-0.25, -0.2) is 4.68 Å². The van der Waals surface area contributed by atoms with Gasteiger partial charge in [-0.05, 0) is 39.5 Å². The molecule has 0 atom stereocenters. The zero-order valence-electron chi connectivity index (χ0n) is 14.7. The number of amides is 1. The molecule has 7 heteroatoms. The lowest BCUT2D eigenvalue weighted by molar-refractivity contribution is -0.121. The predicted molar refractivity (Wildman–Crippen MR) is 94.6 cm³/mol. The number of carbonyl (C=O) groups is 1. The number of aromatic nitrogens is 3. The van der Waals surface area contributed by atoms with Crippen molar-refractivity contribution >= 4 is 27.9 Å². The highest BCUT2D eigenvalue weighted by Crippen LogP contribution is 2.31. The standard InChI is InChI=1S/C18H22N4O3/c1-10(2)22-14-6-11(3)25-17(14)13-8-20-21(18(24)16(13)22)9-15(23)19-7-12-4-5-12/h6,8,10,12H,4-5,7,9H2,1-3H3,(H,19,23). The molecule has 1 aliphatic rings. The van der Waals surface area contributed by atoms with Crippen LogP contribution < -0.4 is 10.9 Å². The number of furan rings is 1. The summed E-state index contributed by atoms with van der Waals surface area (Å²) in [6.45, 7) is 6.55. The number of hydrogen-bond acceptors (Lipinski definition) is 4. The van der Waals surface area contributed by atoms with E-state index in [0.29, 0.717) is 28.9 Å². The molecule has 3 heterocycles. The highest BCUT2D eigenvalue weighted by atomic mass is 16.3. The SMILES string of the molecule is Cc1cc2c(o1)c1cnn(CC(=O)NCC3CC3)c(=O)c1n2C(C)C. The van der Waals surface area contributed by atoms with Crippen LogP contribution in [0.4, 0.5) is 0 Å². The van der Waals surface area contributed by atoms with Crippen molar-refractivity contribution in [3.63, 3.8) is 0 Å². The summed E-state index contributed by atoms with van der Waals surface area (Å²) in [5.41, 5.74) is 1.83. The van der Waals surface area contributed by atoms with E-state index in [0.717, 1.165) is 11.3 Å². The van der Waals surface area contributed by atoms with Gasteiger partial charge in [-0.3, -0.25) is 9.59 Å². The Morgan fingerprint density at radius 1 is 1.44 bits per heavy atom. The minimum Gasteiger partial charge on any atom is -0.459 e. The van der Waals surface area contributed by atoms with Crippen LogP contribution in [0, 0.1) is 12.8 Å². The third kappa shape index (κ3) is 2.73. The average Bonchev–Trinajstić information content (AvgIpc) is 3.23. The van der Waals surface area contributed by atoms with Gasteiger partial charge in [0.05, 0.1) is 17.1 Å². The van der Waals surface area contributed by atoms with Gasteiger partial charge in [-0.2, -0.15) is 5.10 Å². The Morgan fingerprint density at radius 2 is 2.20 bits per heavy atom. The third-order valence-corrected chi connectivity index (χ3v) is 4.69. The highest BCUT2D eigenvalue weighted by molar-refractivity contribution is 6.04. The maximum absolute atomic E-state index is 13.0. The first-order chi connectivity index (χ1) is 12.0. The molecule has 0 spiro atoms. The van der Waals surface area contributed by atoms with Crippen LogP contribution in [0.2, 0.25) is 0 Å². The van der Waals surface area contributed by atoms with E-state index in [9.17, 15) is 9.59 Å². The second kappa shape index (κ2) is 5.75. The number of aryl methyl sites for hydroxylation is 1. The van der Waals surface area contributed by atoms with Gasteiger partial charge in [-0.1, -0.05) is 0 Å². The molecule has 1 aliphatic carbocycles. The van der Waals surface area contributed by atoms with Gasteiger partial charge < -0.3 is 14.3 Å². The predicted octanol–water partition coefficient (Wildman–Crippen LogP) is 2.36. The van der Waals surface area contributed by atoms with Crippen LogP contribution in [0.15, 0.2) is 21.5 Å². The monoisotopic (exact) mass is 342 g/mol. The van der Waals surface area contributed by atoms with E-state index in [1.807, 2.05) is 31.4 Å². The molecule has 0 radical (unpaired) electrons. The van der Waals surface area contributed by atoms with Gasteiger partial charge in [-0.15, -0.1) is 0 Å². The van der Waals surface area contributed by atoms with E-state index in [2.05, 4.69) is 10.4 Å². The number of fused-ring (bicyclic) bond motifs is 3. The molecule has 25 heavy (non-hydrogen) atoms. The van der Waals surface area contributed by atoms with E-state index >= 15 is 0 Å². The fraction of sp³-hybridized carbons (Fsp3) is 0.500. The van der Waals surface area contributed by atoms with Crippen molar-refractivity contribution in [2.45, 2.75) is 46.2 Å². The van der Waals surface area contributed by atoms with Crippen LogP contribution in [0.25, 0.3) is 22.0 Å². The molecule has 3 aromatic rings. The zero-order valence-corrected chi connectivity index (χ0v) is 14.7. The number of carbonyl (C=O) groups excluding carboxylic acids is 1. The smallest absolute Gasteiger partial charge is 0.291 e. The summed E-state index contributed by atoms with van der Waals surface area (Å²) in [4.78, 5) is 25.0. The molecule has 0 saturated heterocycles. The Balaban J connectivity index is 1.77. The second-order valence-corrected chi connectivity index (χ2v) is 7.15. The van der Waals surface area contributed by atoms with Gasteiger partial charge in [0.25, 0.3) is 5.56 Å². The minimum atomic E-state index is -0.267. The summed E-state index contributed by atoms with van der Waals surface area (Å²) in [5.74, 6) is 1.22. The lowest BCUT2D eigenvalue weighted by Crippen LogP contribution is -2.35. The van der Waals surface area contributed by atoms with Crippen LogP contribution in [0.1, 0.15) is 38.5 Å². The summed E-state index contributed by atoms with van der Waals surface area (Å²) >= 11 is 0. The first kappa shape index (κ1) is 15.9. The molecule has 4 rings (SSSR count). The van der Waals surface area contributed by atoms with Gasteiger partial charge >= 0.3 is 0 Å². The lowest BCUT2D eigenvalue weighted by atomic mass is 10.3. The maximum Gasteiger partial charge on any atom is 0.291 e. The van der Waals surface area contributed by atoms with Crippen molar-refractivity contribution in [1.29, 1.82) is 0 Å². The van der Waals surface area contributed by atoms with E-state index in [1.54, 1.807) is 6.20 Å². The average molecular weight is 342 g/mol. The van der Waals surface area contributed by atoms with Crippen molar-refractivity contribution in [3.8, 4) is 0 Å². The zero-order chi connectivity index (χ0) is 17.7. The quantitative estimate of drug-likeness (QED) is 0.772. The van der Waals surface area contributed by atoms with E-state index in [-0.39, 0.29) is 24.1 Å². The molecule has 0 unspecified atom stereocenters. The fourth-order valence-electron chi connectivity index (χ4n) is 3.29. The van der Waals surface area contributed by atoms with Crippen molar-refractivity contribution in [3.05, 3.63) is 28.4 Å². The molecule has 1 fully saturated rings. The molecule has 1 saturated carbocycles.